The molecule has 0 bridgehead atoms. The van der Waals surface area contributed by atoms with Crippen molar-refractivity contribution in [3.05, 3.63) is 0 Å². The van der Waals surface area contributed by atoms with Crippen LogP contribution in [0.5, 0.6) is 0 Å². The van der Waals surface area contributed by atoms with E-state index in [0.717, 1.165) is 12.8 Å². The smallest absolute Gasteiger partial charge is 0.309 e. The Kier molecular flexibility index (Phi) is 1.95. The number of aliphatic carboxylic acids is 1. The lowest BCUT2D eigenvalue weighted by Gasteiger charge is -2.13. The maximum absolute atomic E-state index is 10.8. The van der Waals surface area contributed by atoms with E-state index >= 15 is 0 Å². The Hall–Kier alpha value is -0.530. The van der Waals surface area contributed by atoms with Crippen LogP contribution in [0.1, 0.15) is 33.6 Å². The van der Waals surface area contributed by atoms with Gasteiger partial charge in [-0.2, -0.15) is 0 Å². The zero-order valence-electron chi connectivity index (χ0n) is 7.42. The van der Waals surface area contributed by atoms with Gasteiger partial charge in [-0.15, -0.1) is 0 Å². The van der Waals surface area contributed by atoms with E-state index in [4.69, 9.17) is 5.11 Å². The molecule has 0 radical (unpaired) electrons. The minimum atomic E-state index is -0.598. The second-order valence-electron chi connectivity index (χ2n) is 4.16. The van der Waals surface area contributed by atoms with Gasteiger partial charge in [-0.3, -0.25) is 4.79 Å². The van der Waals surface area contributed by atoms with Crippen molar-refractivity contribution in [2.75, 3.05) is 0 Å². The Balaban J connectivity index is 2.57. The van der Waals surface area contributed by atoms with E-state index in [2.05, 4.69) is 13.8 Å². The molecule has 1 rings (SSSR count). The molecule has 2 unspecified atom stereocenters. The molecule has 0 amide bonds. The van der Waals surface area contributed by atoms with Gasteiger partial charge in [0.15, 0.2) is 0 Å². The Morgan fingerprint density at radius 3 is 2.27 bits per heavy atom. The highest BCUT2D eigenvalue weighted by Crippen LogP contribution is 2.56. The lowest BCUT2D eigenvalue weighted by atomic mass is 9.92. The van der Waals surface area contributed by atoms with Crippen molar-refractivity contribution in [1.29, 1.82) is 0 Å². The zero-order valence-corrected chi connectivity index (χ0v) is 7.42. The summed E-state index contributed by atoms with van der Waals surface area (Å²) >= 11 is 0. The molecule has 0 aromatic rings. The predicted octanol–water partition coefficient (Wildman–Crippen LogP) is 2.14. The van der Waals surface area contributed by atoms with Gasteiger partial charge in [-0.25, -0.2) is 0 Å². The molecule has 1 fully saturated rings. The molecule has 2 nitrogen and oxygen atoms in total. The molecular weight excluding hydrogens is 140 g/mol. The van der Waals surface area contributed by atoms with Crippen LogP contribution in [-0.2, 0) is 4.79 Å². The van der Waals surface area contributed by atoms with Crippen LogP contribution in [0.3, 0.4) is 0 Å². The maximum Gasteiger partial charge on any atom is 0.309 e. The first-order chi connectivity index (χ1) is 4.99. The maximum atomic E-state index is 10.8. The van der Waals surface area contributed by atoms with Crippen LogP contribution >= 0.6 is 0 Å². The van der Waals surface area contributed by atoms with E-state index in [1.165, 1.54) is 0 Å². The van der Waals surface area contributed by atoms with Crippen molar-refractivity contribution in [1.82, 2.24) is 0 Å². The van der Waals surface area contributed by atoms with Crippen molar-refractivity contribution in [2.45, 2.75) is 33.6 Å². The molecule has 1 N–H and O–H groups in total. The Bertz CT molecular complexity index is 174. The van der Waals surface area contributed by atoms with E-state index in [1.807, 2.05) is 6.92 Å². The second kappa shape index (κ2) is 2.50. The zero-order chi connectivity index (χ0) is 8.65. The van der Waals surface area contributed by atoms with Gasteiger partial charge in [0.1, 0.15) is 0 Å². The highest BCUT2D eigenvalue weighted by molar-refractivity contribution is 5.78. The molecule has 11 heavy (non-hydrogen) atoms. The molecule has 0 heterocycles. The summed E-state index contributed by atoms with van der Waals surface area (Å²) in [5.74, 6) is 0.289. The summed E-state index contributed by atoms with van der Waals surface area (Å²) in [5.41, 5.74) is -0.353. The summed E-state index contributed by atoms with van der Waals surface area (Å²) in [6.07, 6.45) is 1.71. The van der Waals surface area contributed by atoms with Crippen LogP contribution in [0.4, 0.5) is 0 Å². The number of rotatable bonds is 3. The van der Waals surface area contributed by atoms with Gasteiger partial charge < -0.3 is 5.11 Å². The van der Waals surface area contributed by atoms with Crippen LogP contribution in [0.25, 0.3) is 0 Å². The molecule has 0 aromatic carbocycles. The Morgan fingerprint density at radius 2 is 2.18 bits per heavy atom. The van der Waals surface area contributed by atoms with E-state index in [0.29, 0.717) is 11.8 Å². The van der Waals surface area contributed by atoms with Gasteiger partial charge in [0.2, 0.25) is 0 Å². The van der Waals surface area contributed by atoms with E-state index < -0.39 is 5.97 Å². The van der Waals surface area contributed by atoms with Gasteiger partial charge in [0.05, 0.1) is 5.41 Å². The summed E-state index contributed by atoms with van der Waals surface area (Å²) in [4.78, 5) is 10.8. The quantitative estimate of drug-likeness (QED) is 0.679. The number of carbonyl (C=O) groups is 1. The Labute approximate surface area is 67.6 Å². The minimum Gasteiger partial charge on any atom is -0.481 e. The monoisotopic (exact) mass is 156 g/mol. The van der Waals surface area contributed by atoms with E-state index in [1.54, 1.807) is 0 Å². The minimum absolute atomic E-state index is 0.353. The summed E-state index contributed by atoms with van der Waals surface area (Å²) in [6, 6.07) is 0. The summed E-state index contributed by atoms with van der Waals surface area (Å²) in [7, 11) is 0. The van der Waals surface area contributed by atoms with Crippen LogP contribution < -0.4 is 0 Å². The molecule has 0 aliphatic heterocycles. The normalized spacial score (nSPS) is 35.8. The third kappa shape index (κ3) is 1.39. The number of hydrogen-bond donors (Lipinski definition) is 1. The fourth-order valence-electron chi connectivity index (χ4n) is 1.89. The van der Waals surface area contributed by atoms with Crippen molar-refractivity contribution >= 4 is 5.97 Å². The fourth-order valence-corrected chi connectivity index (χ4v) is 1.89. The molecule has 1 saturated carbocycles. The SMILES string of the molecule is CC(C)CC1(C(=O)O)CC1C. The molecule has 1 aliphatic carbocycles. The lowest BCUT2D eigenvalue weighted by Crippen LogP contribution is -2.19. The molecule has 1 aliphatic rings. The molecule has 0 spiro atoms. The van der Waals surface area contributed by atoms with Crippen molar-refractivity contribution in [3.63, 3.8) is 0 Å². The van der Waals surface area contributed by atoms with Gasteiger partial charge in [0.25, 0.3) is 0 Å². The Morgan fingerprint density at radius 1 is 1.73 bits per heavy atom. The molecule has 0 saturated heterocycles. The van der Waals surface area contributed by atoms with Gasteiger partial charge in [-0.1, -0.05) is 20.8 Å². The third-order valence-electron chi connectivity index (χ3n) is 2.65. The first-order valence-electron chi connectivity index (χ1n) is 4.22. The van der Waals surface area contributed by atoms with Gasteiger partial charge in [0, 0.05) is 0 Å². The average molecular weight is 156 g/mol. The van der Waals surface area contributed by atoms with Crippen LogP contribution in [-0.4, -0.2) is 11.1 Å². The molecule has 2 atom stereocenters. The standard InChI is InChI=1S/C9H16O2/c1-6(2)4-9(8(10)11)5-7(9)3/h6-7H,4-5H2,1-3H3,(H,10,11). The highest BCUT2D eigenvalue weighted by Gasteiger charge is 2.57. The van der Waals surface area contributed by atoms with E-state index in [9.17, 15) is 4.79 Å². The molecule has 0 aromatic heterocycles. The van der Waals surface area contributed by atoms with E-state index in [-0.39, 0.29) is 5.41 Å². The van der Waals surface area contributed by atoms with Gasteiger partial charge in [-0.05, 0) is 24.7 Å². The summed E-state index contributed by atoms with van der Waals surface area (Å²) in [5, 5.41) is 8.92. The molecule has 2 heteroatoms. The number of hydrogen-bond acceptors (Lipinski definition) is 1. The molecular formula is C9H16O2. The molecule has 64 valence electrons. The first-order valence-corrected chi connectivity index (χ1v) is 4.22. The van der Waals surface area contributed by atoms with Crippen LogP contribution in [0.2, 0.25) is 0 Å². The largest absolute Gasteiger partial charge is 0.481 e. The van der Waals surface area contributed by atoms with Gasteiger partial charge >= 0.3 is 5.97 Å². The predicted molar refractivity (Wildman–Crippen MR) is 43.3 cm³/mol. The number of carboxylic acid groups (broad SMARTS) is 1. The lowest BCUT2D eigenvalue weighted by molar-refractivity contribution is -0.144. The van der Waals surface area contributed by atoms with Crippen LogP contribution in [0, 0.1) is 17.3 Å². The highest BCUT2D eigenvalue weighted by atomic mass is 16.4. The first kappa shape index (κ1) is 8.57. The van der Waals surface area contributed by atoms with Crippen LogP contribution in [0.15, 0.2) is 0 Å². The topological polar surface area (TPSA) is 37.3 Å². The van der Waals surface area contributed by atoms with Crippen molar-refractivity contribution in [3.8, 4) is 0 Å². The third-order valence-corrected chi connectivity index (χ3v) is 2.65. The van der Waals surface area contributed by atoms with Crippen molar-refractivity contribution in [2.24, 2.45) is 17.3 Å². The summed E-state index contributed by atoms with van der Waals surface area (Å²) in [6.45, 7) is 6.18. The fraction of sp³-hybridized carbons (Fsp3) is 0.889. The number of carboxylic acids is 1. The second-order valence-corrected chi connectivity index (χ2v) is 4.16. The summed E-state index contributed by atoms with van der Waals surface area (Å²) < 4.78 is 0. The van der Waals surface area contributed by atoms with Crippen molar-refractivity contribution < 1.29 is 9.90 Å². The average Bonchev–Trinajstić information content (AvgIpc) is 2.41.